The molecule has 1 N–H and O–H groups in total. The van der Waals surface area contributed by atoms with Crippen molar-refractivity contribution in [3.05, 3.63) is 30.1 Å². The third-order valence-electron chi connectivity index (χ3n) is 2.30. The lowest BCUT2D eigenvalue weighted by molar-refractivity contribution is -0.0390. The molecule has 0 bridgehead atoms. The first-order valence-electron chi connectivity index (χ1n) is 3.86. The number of aliphatic hydroxyl groups is 1. The van der Waals surface area contributed by atoms with Crippen LogP contribution in [0.15, 0.2) is 18.5 Å². The van der Waals surface area contributed by atoms with Crippen LogP contribution >= 0.6 is 0 Å². The zero-order valence-corrected chi connectivity index (χ0v) is 6.25. The minimum Gasteiger partial charge on any atom is -0.385 e. The van der Waals surface area contributed by atoms with Crippen molar-refractivity contribution in [1.29, 1.82) is 0 Å². The highest BCUT2D eigenvalue weighted by molar-refractivity contribution is 5.20. The highest BCUT2D eigenvalue weighted by Gasteiger charge is 2.35. The molecule has 1 radical (unpaired) electrons. The van der Waals surface area contributed by atoms with Gasteiger partial charge in [-0.15, -0.1) is 0 Å². The molecular formula is C9H10NO. The molecule has 2 rings (SSSR count). The third-order valence-corrected chi connectivity index (χ3v) is 2.30. The molecule has 11 heavy (non-hydrogen) atoms. The van der Waals surface area contributed by atoms with Crippen LogP contribution in [0, 0.1) is 6.07 Å². The van der Waals surface area contributed by atoms with Gasteiger partial charge in [0.2, 0.25) is 0 Å². The van der Waals surface area contributed by atoms with E-state index in [2.05, 4.69) is 11.1 Å². The molecule has 1 aromatic rings. The molecule has 1 saturated carbocycles. The summed E-state index contributed by atoms with van der Waals surface area (Å²) in [4.78, 5) is 3.85. The third kappa shape index (κ3) is 1.03. The maximum atomic E-state index is 9.82. The fraction of sp³-hybridized carbons (Fsp3) is 0.444. The van der Waals surface area contributed by atoms with Gasteiger partial charge in [0.25, 0.3) is 0 Å². The predicted octanol–water partition coefficient (Wildman–Crippen LogP) is 1.25. The van der Waals surface area contributed by atoms with Crippen molar-refractivity contribution >= 4 is 0 Å². The highest BCUT2D eigenvalue weighted by Crippen LogP contribution is 2.40. The van der Waals surface area contributed by atoms with E-state index in [4.69, 9.17) is 0 Å². The topological polar surface area (TPSA) is 33.1 Å². The van der Waals surface area contributed by atoms with Crippen molar-refractivity contribution in [2.24, 2.45) is 0 Å². The lowest BCUT2D eigenvalue weighted by Gasteiger charge is -2.36. The van der Waals surface area contributed by atoms with Gasteiger partial charge in [-0.1, -0.05) is 0 Å². The van der Waals surface area contributed by atoms with Gasteiger partial charge in [-0.2, -0.15) is 0 Å². The van der Waals surface area contributed by atoms with Crippen LogP contribution in [-0.2, 0) is 5.60 Å². The fourth-order valence-corrected chi connectivity index (χ4v) is 1.39. The van der Waals surface area contributed by atoms with E-state index < -0.39 is 5.60 Å². The average Bonchev–Trinajstić information content (AvgIpc) is 2.02. The zero-order chi connectivity index (χ0) is 7.73. The smallest absolute Gasteiger partial charge is 0.0903 e. The molecule has 0 unspecified atom stereocenters. The second kappa shape index (κ2) is 2.31. The fourth-order valence-electron chi connectivity index (χ4n) is 1.39. The van der Waals surface area contributed by atoms with Crippen LogP contribution < -0.4 is 0 Å². The normalized spacial score (nSPS) is 20.8. The number of hydrogen-bond acceptors (Lipinski definition) is 2. The number of aromatic nitrogens is 1. The monoisotopic (exact) mass is 148 g/mol. The Morgan fingerprint density at radius 1 is 1.55 bits per heavy atom. The Labute approximate surface area is 65.9 Å². The van der Waals surface area contributed by atoms with E-state index in [0.717, 1.165) is 24.8 Å². The SMILES string of the molecule is OC1(c2[c]cncc2)CCC1. The van der Waals surface area contributed by atoms with E-state index in [1.807, 2.05) is 6.07 Å². The van der Waals surface area contributed by atoms with Crippen molar-refractivity contribution in [2.75, 3.05) is 0 Å². The van der Waals surface area contributed by atoms with Gasteiger partial charge >= 0.3 is 0 Å². The van der Waals surface area contributed by atoms with Gasteiger partial charge in [0.05, 0.1) is 5.60 Å². The Kier molecular flexibility index (Phi) is 1.43. The van der Waals surface area contributed by atoms with Gasteiger partial charge in [0.1, 0.15) is 0 Å². The molecule has 0 aliphatic heterocycles. The summed E-state index contributed by atoms with van der Waals surface area (Å²) in [5.74, 6) is 0. The molecule has 1 aromatic heterocycles. The van der Waals surface area contributed by atoms with Crippen LogP contribution in [0.1, 0.15) is 24.8 Å². The first-order chi connectivity index (χ1) is 5.31. The van der Waals surface area contributed by atoms with Gasteiger partial charge in [0.15, 0.2) is 0 Å². The predicted molar refractivity (Wildman–Crippen MR) is 40.8 cm³/mol. The van der Waals surface area contributed by atoms with Crippen LogP contribution in [0.2, 0.25) is 0 Å². The summed E-state index contributed by atoms with van der Waals surface area (Å²) in [6.07, 6.45) is 6.15. The molecule has 0 atom stereocenters. The maximum Gasteiger partial charge on any atom is 0.0903 e. The molecule has 0 aromatic carbocycles. The van der Waals surface area contributed by atoms with E-state index in [9.17, 15) is 5.11 Å². The highest BCUT2D eigenvalue weighted by atomic mass is 16.3. The molecule has 1 aliphatic rings. The van der Waals surface area contributed by atoms with Crippen LogP contribution in [0.3, 0.4) is 0 Å². The number of nitrogens with zero attached hydrogens (tertiary/aromatic N) is 1. The minimum absolute atomic E-state index is 0.580. The largest absolute Gasteiger partial charge is 0.385 e. The van der Waals surface area contributed by atoms with Gasteiger partial charge in [-0.3, -0.25) is 4.98 Å². The summed E-state index contributed by atoms with van der Waals surface area (Å²) in [5, 5.41) is 9.82. The minimum atomic E-state index is -0.580. The lowest BCUT2D eigenvalue weighted by atomic mass is 9.75. The molecule has 0 saturated heterocycles. The van der Waals surface area contributed by atoms with E-state index in [0.29, 0.717) is 0 Å². The molecule has 57 valence electrons. The molecule has 1 fully saturated rings. The number of pyridine rings is 1. The van der Waals surface area contributed by atoms with Gasteiger partial charge in [-0.25, -0.2) is 0 Å². The first-order valence-corrected chi connectivity index (χ1v) is 3.86. The first kappa shape index (κ1) is 6.80. The summed E-state index contributed by atoms with van der Waals surface area (Å²) in [6.45, 7) is 0. The molecule has 1 heterocycles. The second-order valence-electron chi connectivity index (χ2n) is 3.04. The molecule has 1 aliphatic carbocycles. The molecule has 2 nitrogen and oxygen atoms in total. The summed E-state index contributed by atoms with van der Waals surface area (Å²) < 4.78 is 0. The summed E-state index contributed by atoms with van der Waals surface area (Å²) >= 11 is 0. The van der Waals surface area contributed by atoms with Crippen LogP contribution in [-0.4, -0.2) is 10.1 Å². The number of rotatable bonds is 1. The van der Waals surface area contributed by atoms with Gasteiger partial charge in [0, 0.05) is 18.5 Å². The zero-order valence-electron chi connectivity index (χ0n) is 6.25. The Hall–Kier alpha value is -0.890. The summed E-state index contributed by atoms with van der Waals surface area (Å²) in [7, 11) is 0. The average molecular weight is 148 g/mol. The van der Waals surface area contributed by atoms with Crippen molar-refractivity contribution in [3.8, 4) is 0 Å². The van der Waals surface area contributed by atoms with Crippen molar-refractivity contribution in [2.45, 2.75) is 24.9 Å². The Morgan fingerprint density at radius 3 is 2.82 bits per heavy atom. The van der Waals surface area contributed by atoms with E-state index in [1.54, 1.807) is 12.4 Å². The molecule has 0 amide bonds. The van der Waals surface area contributed by atoms with Crippen LogP contribution in [0.25, 0.3) is 0 Å². The summed E-state index contributed by atoms with van der Waals surface area (Å²) in [5.41, 5.74) is 0.307. The Bertz CT molecular complexity index is 241. The van der Waals surface area contributed by atoms with E-state index in [-0.39, 0.29) is 0 Å². The maximum absolute atomic E-state index is 9.82. The number of hydrogen-bond donors (Lipinski definition) is 1. The molecular weight excluding hydrogens is 138 g/mol. The van der Waals surface area contributed by atoms with Crippen molar-refractivity contribution in [1.82, 2.24) is 4.98 Å². The van der Waals surface area contributed by atoms with E-state index in [1.165, 1.54) is 0 Å². The summed E-state index contributed by atoms with van der Waals surface area (Å²) in [6, 6.07) is 4.78. The lowest BCUT2D eigenvalue weighted by Crippen LogP contribution is -2.33. The molecule has 0 spiro atoms. The Balaban J connectivity index is 2.29. The van der Waals surface area contributed by atoms with Gasteiger partial charge in [-0.05, 0) is 30.9 Å². The second-order valence-corrected chi connectivity index (χ2v) is 3.04. The van der Waals surface area contributed by atoms with Gasteiger partial charge < -0.3 is 5.11 Å². The van der Waals surface area contributed by atoms with Crippen LogP contribution in [0.5, 0.6) is 0 Å². The standard InChI is InChI=1S/C9H10NO/c11-9(4-1-5-9)8-2-6-10-7-3-8/h2,6-7,11H,1,4-5H2. The molecule has 2 heteroatoms. The van der Waals surface area contributed by atoms with Crippen LogP contribution in [0.4, 0.5) is 0 Å². The van der Waals surface area contributed by atoms with Crippen molar-refractivity contribution in [3.63, 3.8) is 0 Å². The quantitative estimate of drug-likeness (QED) is 0.650. The van der Waals surface area contributed by atoms with E-state index >= 15 is 0 Å². The Morgan fingerprint density at radius 2 is 2.36 bits per heavy atom. The van der Waals surface area contributed by atoms with Crippen molar-refractivity contribution < 1.29 is 5.11 Å².